The zero-order valence-corrected chi connectivity index (χ0v) is 12.2. The van der Waals surface area contributed by atoms with Crippen molar-refractivity contribution < 1.29 is 4.74 Å². The van der Waals surface area contributed by atoms with Crippen molar-refractivity contribution in [3.63, 3.8) is 0 Å². The van der Waals surface area contributed by atoms with Crippen LogP contribution in [0.5, 0.6) is 0 Å². The van der Waals surface area contributed by atoms with Gasteiger partial charge in [0, 0.05) is 30.1 Å². The van der Waals surface area contributed by atoms with Crippen molar-refractivity contribution in [1.29, 1.82) is 0 Å². The summed E-state index contributed by atoms with van der Waals surface area (Å²) in [7, 11) is 0. The molecule has 1 fully saturated rings. The lowest BCUT2D eigenvalue weighted by molar-refractivity contribution is -0.0649. The smallest absolute Gasteiger partial charge is 0.0565 e. The Balaban J connectivity index is 2.12. The van der Waals surface area contributed by atoms with Gasteiger partial charge in [0.1, 0.15) is 0 Å². The summed E-state index contributed by atoms with van der Waals surface area (Å²) in [6.07, 6.45) is 2.41. The van der Waals surface area contributed by atoms with Gasteiger partial charge in [-0.05, 0) is 37.8 Å². The third-order valence-electron chi connectivity index (χ3n) is 4.00. The van der Waals surface area contributed by atoms with Crippen molar-refractivity contribution in [2.75, 3.05) is 19.7 Å². The van der Waals surface area contributed by atoms with Crippen molar-refractivity contribution in [3.8, 4) is 0 Å². The fourth-order valence-electron chi connectivity index (χ4n) is 2.95. The van der Waals surface area contributed by atoms with Crippen molar-refractivity contribution in [2.24, 2.45) is 5.73 Å². The van der Waals surface area contributed by atoms with Gasteiger partial charge in [0.25, 0.3) is 0 Å². The molecule has 2 heterocycles. The second-order valence-corrected chi connectivity index (χ2v) is 6.19. The highest BCUT2D eigenvalue weighted by Crippen LogP contribution is 2.31. The molecule has 18 heavy (non-hydrogen) atoms. The van der Waals surface area contributed by atoms with E-state index < -0.39 is 0 Å². The lowest BCUT2D eigenvalue weighted by atomic mass is 9.85. The summed E-state index contributed by atoms with van der Waals surface area (Å²) in [6, 6.07) is 4.33. The molecular weight excluding hydrogens is 244 g/mol. The first-order valence-corrected chi connectivity index (χ1v) is 7.67. The standard InChI is InChI=1S/C14H24N2OS/c1-3-16(10-13-5-4-8-18-13)14(11-15)6-7-17-12(2)9-14/h4-5,8,12H,3,6-7,9-11,15H2,1-2H3. The van der Waals surface area contributed by atoms with Gasteiger partial charge < -0.3 is 10.5 Å². The number of nitrogens with zero attached hydrogens (tertiary/aromatic N) is 1. The summed E-state index contributed by atoms with van der Waals surface area (Å²) in [4.78, 5) is 3.96. The van der Waals surface area contributed by atoms with E-state index >= 15 is 0 Å². The molecule has 1 aromatic heterocycles. The summed E-state index contributed by atoms with van der Waals surface area (Å²) < 4.78 is 5.69. The third-order valence-corrected chi connectivity index (χ3v) is 4.86. The fraction of sp³-hybridized carbons (Fsp3) is 0.714. The van der Waals surface area contributed by atoms with Crippen LogP contribution in [-0.4, -0.2) is 36.2 Å². The number of thiophene rings is 1. The van der Waals surface area contributed by atoms with Gasteiger partial charge in [0.05, 0.1) is 6.10 Å². The highest BCUT2D eigenvalue weighted by Gasteiger charge is 2.39. The van der Waals surface area contributed by atoms with Crippen molar-refractivity contribution >= 4 is 11.3 Å². The molecule has 1 aromatic rings. The van der Waals surface area contributed by atoms with E-state index in [1.165, 1.54) is 4.88 Å². The third kappa shape index (κ3) is 2.94. The van der Waals surface area contributed by atoms with E-state index in [0.29, 0.717) is 6.10 Å². The molecule has 0 radical (unpaired) electrons. The largest absolute Gasteiger partial charge is 0.378 e. The number of nitrogens with two attached hydrogens (primary N) is 1. The average Bonchev–Trinajstić information content (AvgIpc) is 2.88. The van der Waals surface area contributed by atoms with E-state index in [4.69, 9.17) is 10.5 Å². The number of rotatable bonds is 5. The molecule has 3 nitrogen and oxygen atoms in total. The van der Waals surface area contributed by atoms with Gasteiger partial charge in [-0.15, -0.1) is 11.3 Å². The Kier molecular flexibility index (Phi) is 4.78. The minimum Gasteiger partial charge on any atom is -0.378 e. The molecule has 1 saturated heterocycles. The Morgan fingerprint density at radius 1 is 1.61 bits per heavy atom. The summed E-state index contributed by atoms with van der Waals surface area (Å²) in [5, 5.41) is 2.14. The molecule has 2 unspecified atom stereocenters. The van der Waals surface area contributed by atoms with Crippen LogP contribution in [0, 0.1) is 0 Å². The quantitative estimate of drug-likeness (QED) is 0.891. The maximum absolute atomic E-state index is 6.11. The van der Waals surface area contributed by atoms with E-state index in [1.807, 2.05) is 11.3 Å². The first-order valence-electron chi connectivity index (χ1n) is 6.79. The van der Waals surface area contributed by atoms with Gasteiger partial charge in [-0.3, -0.25) is 4.90 Å². The first-order chi connectivity index (χ1) is 8.70. The van der Waals surface area contributed by atoms with E-state index in [9.17, 15) is 0 Å². The Morgan fingerprint density at radius 2 is 2.44 bits per heavy atom. The van der Waals surface area contributed by atoms with Crippen molar-refractivity contribution in [2.45, 2.75) is 44.9 Å². The van der Waals surface area contributed by atoms with E-state index in [2.05, 4.69) is 36.3 Å². The van der Waals surface area contributed by atoms with E-state index in [-0.39, 0.29) is 5.54 Å². The van der Waals surface area contributed by atoms with Crippen LogP contribution in [0.4, 0.5) is 0 Å². The molecule has 0 aromatic carbocycles. The molecule has 2 rings (SSSR count). The lowest BCUT2D eigenvalue weighted by Gasteiger charge is -2.47. The van der Waals surface area contributed by atoms with Crippen LogP contribution in [-0.2, 0) is 11.3 Å². The topological polar surface area (TPSA) is 38.5 Å². The van der Waals surface area contributed by atoms with Crippen LogP contribution in [0.2, 0.25) is 0 Å². The number of hydrogen-bond donors (Lipinski definition) is 1. The molecule has 1 aliphatic rings. The van der Waals surface area contributed by atoms with Gasteiger partial charge in [0.15, 0.2) is 0 Å². The van der Waals surface area contributed by atoms with Gasteiger partial charge in [-0.2, -0.15) is 0 Å². The molecule has 0 aliphatic carbocycles. The van der Waals surface area contributed by atoms with Gasteiger partial charge in [-0.1, -0.05) is 13.0 Å². The zero-order chi connectivity index (χ0) is 13.0. The maximum atomic E-state index is 6.11. The Labute approximate surface area is 114 Å². The highest BCUT2D eigenvalue weighted by molar-refractivity contribution is 7.09. The molecule has 1 aliphatic heterocycles. The second kappa shape index (κ2) is 6.15. The Bertz CT molecular complexity index is 355. The minimum absolute atomic E-state index is 0.121. The summed E-state index contributed by atoms with van der Waals surface area (Å²) in [6.45, 7) is 7.99. The number of hydrogen-bond acceptors (Lipinski definition) is 4. The minimum atomic E-state index is 0.121. The number of likely N-dealkylation sites (N-methyl/N-ethyl adjacent to an activating group) is 1. The molecule has 4 heteroatoms. The summed E-state index contributed by atoms with van der Waals surface area (Å²) in [5.74, 6) is 0. The molecule has 0 amide bonds. The molecular formula is C14H24N2OS. The Hall–Kier alpha value is -0.420. The zero-order valence-electron chi connectivity index (χ0n) is 11.4. The monoisotopic (exact) mass is 268 g/mol. The maximum Gasteiger partial charge on any atom is 0.0565 e. The van der Waals surface area contributed by atoms with Gasteiger partial charge in [-0.25, -0.2) is 0 Å². The molecule has 0 spiro atoms. The molecule has 0 saturated carbocycles. The summed E-state index contributed by atoms with van der Waals surface area (Å²) in [5.41, 5.74) is 6.23. The van der Waals surface area contributed by atoms with Crippen LogP contribution >= 0.6 is 11.3 Å². The molecule has 0 bridgehead atoms. The molecule has 2 atom stereocenters. The van der Waals surface area contributed by atoms with Crippen molar-refractivity contribution in [3.05, 3.63) is 22.4 Å². The average molecular weight is 268 g/mol. The van der Waals surface area contributed by atoms with Crippen LogP contribution in [0.15, 0.2) is 17.5 Å². The summed E-state index contributed by atoms with van der Waals surface area (Å²) >= 11 is 1.83. The van der Waals surface area contributed by atoms with Gasteiger partial charge in [0.2, 0.25) is 0 Å². The lowest BCUT2D eigenvalue weighted by Crippen LogP contribution is -2.57. The van der Waals surface area contributed by atoms with Crippen LogP contribution < -0.4 is 5.73 Å². The molecule has 2 N–H and O–H groups in total. The van der Waals surface area contributed by atoms with Crippen LogP contribution in [0.3, 0.4) is 0 Å². The Morgan fingerprint density at radius 3 is 3.00 bits per heavy atom. The van der Waals surface area contributed by atoms with E-state index in [1.54, 1.807) is 0 Å². The van der Waals surface area contributed by atoms with Crippen LogP contribution in [0.25, 0.3) is 0 Å². The highest BCUT2D eigenvalue weighted by atomic mass is 32.1. The fourth-order valence-corrected chi connectivity index (χ4v) is 3.67. The predicted octanol–water partition coefficient (Wildman–Crippen LogP) is 2.47. The van der Waals surface area contributed by atoms with Crippen molar-refractivity contribution in [1.82, 2.24) is 4.90 Å². The SMILES string of the molecule is CCN(Cc1cccs1)C1(CN)CCOC(C)C1. The second-order valence-electron chi connectivity index (χ2n) is 5.16. The predicted molar refractivity (Wildman–Crippen MR) is 76.8 cm³/mol. The van der Waals surface area contributed by atoms with E-state index in [0.717, 1.165) is 39.1 Å². The molecule has 102 valence electrons. The van der Waals surface area contributed by atoms with Crippen LogP contribution in [0.1, 0.15) is 31.6 Å². The normalized spacial score (nSPS) is 28.8. The first kappa shape index (κ1) is 14.0. The van der Waals surface area contributed by atoms with Gasteiger partial charge >= 0.3 is 0 Å². The number of ether oxygens (including phenoxy) is 1.